The van der Waals surface area contributed by atoms with Crippen LogP contribution >= 0.6 is 11.3 Å². The normalized spacial score (nSPS) is 10.6. The molecule has 0 spiro atoms. The highest BCUT2D eigenvalue weighted by Gasteiger charge is 2.11. The third-order valence-electron chi connectivity index (χ3n) is 2.86. The highest BCUT2D eigenvalue weighted by atomic mass is 32.1. The van der Waals surface area contributed by atoms with Crippen molar-refractivity contribution >= 4 is 23.2 Å². The number of carbonyl (C=O) groups is 2. The zero-order valence-electron chi connectivity index (χ0n) is 12.9. The van der Waals surface area contributed by atoms with E-state index in [4.69, 9.17) is 0 Å². The van der Waals surface area contributed by atoms with Gasteiger partial charge in [-0.15, -0.1) is 11.3 Å². The molecule has 0 aliphatic carbocycles. The minimum Gasteiger partial charge on any atom is -0.352 e. The van der Waals surface area contributed by atoms with Crippen molar-refractivity contribution < 1.29 is 14.0 Å². The van der Waals surface area contributed by atoms with Gasteiger partial charge in [0.25, 0.3) is 0 Å². The number of benzene rings is 1. The molecule has 2 rings (SSSR count). The number of aromatic nitrogens is 1. The van der Waals surface area contributed by atoms with Crippen molar-refractivity contribution in [3.63, 3.8) is 0 Å². The Bertz CT molecular complexity index is 700. The standard InChI is InChI=1S/C16H18FN3O2S/c1-10(2)19-15(22)8-18-14(21)7-13-9-23-16(20-13)11-4-3-5-12(17)6-11/h3-6,9-10H,7-8H2,1-2H3,(H,18,21)(H,19,22). The molecule has 0 fully saturated rings. The lowest BCUT2D eigenvalue weighted by atomic mass is 10.2. The van der Waals surface area contributed by atoms with E-state index in [2.05, 4.69) is 15.6 Å². The van der Waals surface area contributed by atoms with Crippen LogP contribution in [0.1, 0.15) is 19.5 Å². The van der Waals surface area contributed by atoms with Gasteiger partial charge in [0.15, 0.2) is 0 Å². The van der Waals surface area contributed by atoms with Gasteiger partial charge in [0.2, 0.25) is 11.8 Å². The molecule has 1 aromatic carbocycles. The molecule has 2 aromatic rings. The van der Waals surface area contributed by atoms with E-state index < -0.39 is 0 Å². The lowest BCUT2D eigenvalue weighted by Crippen LogP contribution is -2.40. The largest absolute Gasteiger partial charge is 0.352 e. The summed E-state index contributed by atoms with van der Waals surface area (Å²) in [5.41, 5.74) is 1.27. The van der Waals surface area contributed by atoms with Crippen LogP contribution in [-0.4, -0.2) is 29.4 Å². The molecule has 0 bridgehead atoms. The Kier molecular flexibility index (Phi) is 5.81. The van der Waals surface area contributed by atoms with Crippen molar-refractivity contribution in [3.8, 4) is 10.6 Å². The third kappa shape index (κ3) is 5.45. The summed E-state index contributed by atoms with van der Waals surface area (Å²) >= 11 is 1.35. The Morgan fingerprint density at radius 2 is 2.09 bits per heavy atom. The number of amides is 2. The Morgan fingerprint density at radius 3 is 2.78 bits per heavy atom. The van der Waals surface area contributed by atoms with Gasteiger partial charge in [-0.25, -0.2) is 9.37 Å². The van der Waals surface area contributed by atoms with Crippen molar-refractivity contribution in [1.29, 1.82) is 0 Å². The summed E-state index contributed by atoms with van der Waals surface area (Å²) < 4.78 is 13.2. The second kappa shape index (κ2) is 7.82. The fourth-order valence-electron chi connectivity index (χ4n) is 1.92. The Balaban J connectivity index is 1.89. The van der Waals surface area contributed by atoms with Gasteiger partial charge in [-0.3, -0.25) is 9.59 Å². The lowest BCUT2D eigenvalue weighted by Gasteiger charge is -2.08. The molecule has 7 heteroatoms. The Labute approximate surface area is 137 Å². The van der Waals surface area contributed by atoms with Gasteiger partial charge in [-0.05, 0) is 26.0 Å². The van der Waals surface area contributed by atoms with Crippen molar-refractivity contribution in [2.75, 3.05) is 6.54 Å². The van der Waals surface area contributed by atoms with Crippen LogP contribution in [0.5, 0.6) is 0 Å². The summed E-state index contributed by atoms with van der Waals surface area (Å²) in [5, 5.41) is 7.65. The summed E-state index contributed by atoms with van der Waals surface area (Å²) in [4.78, 5) is 27.6. The molecule has 2 N–H and O–H groups in total. The maximum atomic E-state index is 13.2. The fraction of sp³-hybridized carbons (Fsp3) is 0.312. The molecular formula is C16H18FN3O2S. The van der Waals surface area contributed by atoms with Gasteiger partial charge < -0.3 is 10.6 Å². The highest BCUT2D eigenvalue weighted by molar-refractivity contribution is 7.13. The van der Waals surface area contributed by atoms with Crippen LogP contribution in [-0.2, 0) is 16.0 Å². The molecule has 1 heterocycles. The van der Waals surface area contributed by atoms with E-state index in [0.717, 1.165) is 0 Å². The minimum absolute atomic E-state index is 0.0340. The molecule has 0 saturated carbocycles. The molecule has 0 aliphatic rings. The van der Waals surface area contributed by atoms with Crippen LogP contribution in [0.4, 0.5) is 4.39 Å². The van der Waals surface area contributed by atoms with E-state index in [1.165, 1.54) is 23.5 Å². The molecule has 23 heavy (non-hydrogen) atoms. The number of thiazole rings is 1. The van der Waals surface area contributed by atoms with Crippen LogP contribution in [0.25, 0.3) is 10.6 Å². The molecule has 0 saturated heterocycles. The molecule has 0 aliphatic heterocycles. The Hall–Kier alpha value is -2.28. The maximum absolute atomic E-state index is 13.2. The number of nitrogens with zero attached hydrogens (tertiary/aromatic N) is 1. The number of carbonyl (C=O) groups excluding carboxylic acids is 2. The smallest absolute Gasteiger partial charge is 0.239 e. The number of hydrogen-bond acceptors (Lipinski definition) is 4. The van der Waals surface area contributed by atoms with Gasteiger partial charge in [0, 0.05) is 17.0 Å². The SMILES string of the molecule is CC(C)NC(=O)CNC(=O)Cc1csc(-c2cccc(F)c2)n1. The fourth-order valence-corrected chi connectivity index (χ4v) is 2.74. The molecule has 5 nitrogen and oxygen atoms in total. The van der Waals surface area contributed by atoms with E-state index in [0.29, 0.717) is 16.3 Å². The first-order valence-electron chi connectivity index (χ1n) is 7.20. The van der Waals surface area contributed by atoms with Crippen LogP contribution in [0, 0.1) is 5.82 Å². The zero-order valence-corrected chi connectivity index (χ0v) is 13.7. The van der Waals surface area contributed by atoms with Crippen molar-refractivity contribution in [1.82, 2.24) is 15.6 Å². The quantitative estimate of drug-likeness (QED) is 0.849. The van der Waals surface area contributed by atoms with Gasteiger partial charge >= 0.3 is 0 Å². The van der Waals surface area contributed by atoms with Crippen LogP contribution in [0.3, 0.4) is 0 Å². The predicted octanol–water partition coefficient (Wildman–Crippen LogP) is 2.13. The summed E-state index contributed by atoms with van der Waals surface area (Å²) in [6.45, 7) is 3.64. The van der Waals surface area contributed by atoms with Crippen molar-refractivity contribution in [2.24, 2.45) is 0 Å². The van der Waals surface area contributed by atoms with Crippen molar-refractivity contribution in [2.45, 2.75) is 26.3 Å². The predicted molar refractivity (Wildman–Crippen MR) is 87.5 cm³/mol. The second-order valence-corrected chi connectivity index (χ2v) is 6.19. The number of rotatable bonds is 6. The van der Waals surface area contributed by atoms with Gasteiger partial charge in [0.1, 0.15) is 10.8 Å². The van der Waals surface area contributed by atoms with E-state index in [9.17, 15) is 14.0 Å². The number of halogens is 1. The first-order chi connectivity index (χ1) is 10.9. The summed E-state index contributed by atoms with van der Waals surface area (Å²) in [6, 6.07) is 6.19. The zero-order chi connectivity index (χ0) is 16.8. The van der Waals surface area contributed by atoms with Gasteiger partial charge in [-0.2, -0.15) is 0 Å². The highest BCUT2D eigenvalue weighted by Crippen LogP contribution is 2.24. The molecule has 2 amide bonds. The maximum Gasteiger partial charge on any atom is 0.239 e. The van der Waals surface area contributed by atoms with Gasteiger partial charge in [0.05, 0.1) is 18.7 Å². The average molecular weight is 335 g/mol. The summed E-state index contributed by atoms with van der Waals surface area (Å²) in [7, 11) is 0. The molecule has 122 valence electrons. The van der Waals surface area contributed by atoms with E-state index in [1.54, 1.807) is 17.5 Å². The number of hydrogen-bond donors (Lipinski definition) is 2. The summed E-state index contributed by atoms with van der Waals surface area (Å²) in [5.74, 6) is -0.833. The van der Waals surface area contributed by atoms with E-state index in [1.807, 2.05) is 13.8 Å². The minimum atomic E-state index is -0.326. The van der Waals surface area contributed by atoms with Gasteiger partial charge in [-0.1, -0.05) is 12.1 Å². The second-order valence-electron chi connectivity index (χ2n) is 5.33. The van der Waals surface area contributed by atoms with Crippen LogP contribution in [0.2, 0.25) is 0 Å². The third-order valence-corrected chi connectivity index (χ3v) is 3.80. The number of nitrogens with one attached hydrogen (secondary N) is 2. The molecule has 0 unspecified atom stereocenters. The van der Waals surface area contributed by atoms with E-state index >= 15 is 0 Å². The van der Waals surface area contributed by atoms with Crippen LogP contribution in [0.15, 0.2) is 29.6 Å². The summed E-state index contributed by atoms with van der Waals surface area (Å²) in [6.07, 6.45) is 0.0841. The van der Waals surface area contributed by atoms with E-state index in [-0.39, 0.29) is 36.6 Å². The first-order valence-corrected chi connectivity index (χ1v) is 8.08. The average Bonchev–Trinajstić information content (AvgIpc) is 2.93. The topological polar surface area (TPSA) is 71.1 Å². The molecule has 0 atom stereocenters. The lowest BCUT2D eigenvalue weighted by molar-refractivity contribution is -0.126. The molecular weight excluding hydrogens is 317 g/mol. The molecule has 1 aromatic heterocycles. The molecule has 0 radical (unpaired) electrons. The first kappa shape index (κ1) is 17.1. The van der Waals surface area contributed by atoms with Crippen LogP contribution < -0.4 is 10.6 Å². The van der Waals surface area contributed by atoms with Crippen molar-refractivity contribution in [3.05, 3.63) is 41.2 Å². The Morgan fingerprint density at radius 1 is 1.30 bits per heavy atom. The monoisotopic (exact) mass is 335 g/mol.